The lowest BCUT2D eigenvalue weighted by molar-refractivity contribution is -0.385. The molecule has 1 aliphatic heterocycles. The summed E-state index contributed by atoms with van der Waals surface area (Å²) < 4.78 is 13.4. The van der Waals surface area contributed by atoms with E-state index in [1.165, 1.54) is 12.1 Å². The molecule has 20 heavy (non-hydrogen) atoms. The largest absolute Gasteiger partial charge is 0.382 e. The van der Waals surface area contributed by atoms with Crippen molar-refractivity contribution in [3.8, 4) is 0 Å². The van der Waals surface area contributed by atoms with E-state index in [4.69, 9.17) is 0 Å². The Morgan fingerprint density at radius 3 is 2.75 bits per heavy atom. The number of halogens is 1. The zero-order chi connectivity index (χ0) is 14.9. The Morgan fingerprint density at radius 1 is 1.40 bits per heavy atom. The van der Waals surface area contributed by atoms with Crippen LogP contribution in [0.15, 0.2) is 18.2 Å². The van der Waals surface area contributed by atoms with E-state index in [9.17, 15) is 14.5 Å². The van der Waals surface area contributed by atoms with Crippen molar-refractivity contribution in [3.63, 3.8) is 0 Å². The summed E-state index contributed by atoms with van der Waals surface area (Å²) in [5.74, 6) is -0.186. The lowest BCUT2D eigenvalue weighted by atomic mass is 9.89. The SMILES string of the molecule is CC1CN(C)C(C)CC1Nc1cc(F)cc([N+](=O)[O-])c1. The fourth-order valence-corrected chi connectivity index (χ4v) is 2.72. The van der Waals surface area contributed by atoms with Gasteiger partial charge in [-0.3, -0.25) is 10.1 Å². The summed E-state index contributed by atoms with van der Waals surface area (Å²) in [5.41, 5.74) is 0.256. The fraction of sp³-hybridized carbons (Fsp3) is 0.571. The van der Waals surface area contributed by atoms with Gasteiger partial charge in [0.25, 0.3) is 5.69 Å². The first-order valence-electron chi connectivity index (χ1n) is 6.78. The zero-order valence-electron chi connectivity index (χ0n) is 12.0. The number of likely N-dealkylation sites (tertiary alicyclic amines) is 1. The first-order valence-corrected chi connectivity index (χ1v) is 6.78. The predicted octanol–water partition coefficient (Wildman–Crippen LogP) is 2.87. The molecule has 0 spiro atoms. The molecule has 6 heteroatoms. The Labute approximate surface area is 117 Å². The van der Waals surface area contributed by atoms with Gasteiger partial charge >= 0.3 is 0 Å². The molecule has 1 fully saturated rings. The molecule has 1 aromatic carbocycles. The Kier molecular flexibility index (Phi) is 4.23. The molecule has 2 rings (SSSR count). The number of non-ortho nitro benzene ring substituents is 1. The molecule has 3 atom stereocenters. The smallest absolute Gasteiger partial charge is 0.274 e. The van der Waals surface area contributed by atoms with E-state index in [0.717, 1.165) is 19.0 Å². The summed E-state index contributed by atoms with van der Waals surface area (Å²) in [7, 11) is 2.09. The van der Waals surface area contributed by atoms with E-state index in [-0.39, 0.29) is 11.7 Å². The molecule has 0 aliphatic carbocycles. The monoisotopic (exact) mass is 281 g/mol. The van der Waals surface area contributed by atoms with Crippen LogP contribution in [0.4, 0.5) is 15.8 Å². The van der Waals surface area contributed by atoms with Gasteiger partial charge in [0.2, 0.25) is 0 Å². The molecule has 1 saturated heterocycles. The van der Waals surface area contributed by atoms with Crippen molar-refractivity contribution in [2.75, 3.05) is 18.9 Å². The van der Waals surface area contributed by atoms with Crippen LogP contribution in [0, 0.1) is 21.8 Å². The highest BCUT2D eigenvalue weighted by atomic mass is 19.1. The van der Waals surface area contributed by atoms with Crippen LogP contribution >= 0.6 is 0 Å². The number of nitrogens with one attached hydrogen (secondary N) is 1. The Bertz CT molecular complexity index is 509. The molecule has 0 saturated carbocycles. The van der Waals surface area contributed by atoms with E-state index < -0.39 is 10.7 Å². The third-order valence-corrected chi connectivity index (χ3v) is 4.06. The Balaban J connectivity index is 2.15. The summed E-state index contributed by atoms with van der Waals surface area (Å²) in [4.78, 5) is 12.5. The molecule has 1 aliphatic rings. The van der Waals surface area contributed by atoms with Gasteiger partial charge in [0.05, 0.1) is 11.0 Å². The third kappa shape index (κ3) is 3.25. The fourth-order valence-electron chi connectivity index (χ4n) is 2.72. The van der Waals surface area contributed by atoms with Crippen molar-refractivity contribution in [1.29, 1.82) is 0 Å². The molecule has 1 aromatic rings. The van der Waals surface area contributed by atoms with Crippen LogP contribution in [0.1, 0.15) is 20.3 Å². The van der Waals surface area contributed by atoms with Crippen molar-refractivity contribution in [2.24, 2.45) is 5.92 Å². The summed E-state index contributed by atoms with van der Waals surface area (Å²) >= 11 is 0. The average molecular weight is 281 g/mol. The molecule has 0 bridgehead atoms. The Morgan fingerprint density at radius 2 is 2.10 bits per heavy atom. The van der Waals surface area contributed by atoms with Crippen molar-refractivity contribution >= 4 is 11.4 Å². The van der Waals surface area contributed by atoms with Crippen molar-refractivity contribution in [2.45, 2.75) is 32.4 Å². The van der Waals surface area contributed by atoms with E-state index >= 15 is 0 Å². The molecular weight excluding hydrogens is 261 g/mol. The number of hydrogen-bond donors (Lipinski definition) is 1. The van der Waals surface area contributed by atoms with Crippen LogP contribution in [0.5, 0.6) is 0 Å². The van der Waals surface area contributed by atoms with Gasteiger partial charge in [-0.1, -0.05) is 6.92 Å². The zero-order valence-corrected chi connectivity index (χ0v) is 12.0. The van der Waals surface area contributed by atoms with Crippen LogP contribution in [0.2, 0.25) is 0 Å². The van der Waals surface area contributed by atoms with Gasteiger partial charge in [-0.15, -0.1) is 0 Å². The highest BCUT2D eigenvalue weighted by molar-refractivity contribution is 5.52. The number of piperidine rings is 1. The van der Waals surface area contributed by atoms with Crippen LogP contribution in [-0.4, -0.2) is 35.5 Å². The van der Waals surface area contributed by atoms with Gasteiger partial charge in [0.1, 0.15) is 5.82 Å². The summed E-state index contributed by atoms with van der Waals surface area (Å²) in [6, 6.07) is 4.27. The van der Waals surface area contributed by atoms with Crippen LogP contribution in [0.25, 0.3) is 0 Å². The normalized spacial score (nSPS) is 27.3. The minimum atomic E-state index is -0.588. The van der Waals surface area contributed by atoms with E-state index in [1.807, 2.05) is 0 Å². The Hall–Kier alpha value is -1.69. The van der Waals surface area contributed by atoms with Crippen LogP contribution in [-0.2, 0) is 0 Å². The molecule has 3 unspecified atom stereocenters. The average Bonchev–Trinajstić information content (AvgIpc) is 2.35. The molecule has 1 N–H and O–H groups in total. The number of hydrogen-bond acceptors (Lipinski definition) is 4. The van der Waals surface area contributed by atoms with E-state index in [2.05, 4.69) is 31.1 Å². The molecule has 110 valence electrons. The first kappa shape index (κ1) is 14.7. The molecule has 0 amide bonds. The number of nitrogens with zero attached hydrogens (tertiary/aromatic N) is 2. The van der Waals surface area contributed by atoms with Gasteiger partial charge in [-0.05, 0) is 32.4 Å². The molecule has 1 heterocycles. The second-order valence-corrected chi connectivity index (χ2v) is 5.71. The maximum absolute atomic E-state index is 13.4. The highest BCUT2D eigenvalue weighted by Gasteiger charge is 2.29. The number of rotatable bonds is 3. The van der Waals surface area contributed by atoms with Crippen molar-refractivity contribution in [1.82, 2.24) is 4.90 Å². The van der Waals surface area contributed by atoms with Crippen LogP contribution in [0.3, 0.4) is 0 Å². The van der Waals surface area contributed by atoms with Gasteiger partial charge in [0, 0.05) is 30.4 Å². The predicted molar refractivity (Wildman–Crippen MR) is 76.3 cm³/mol. The van der Waals surface area contributed by atoms with Gasteiger partial charge in [0.15, 0.2) is 0 Å². The molecular formula is C14H20FN3O2. The van der Waals surface area contributed by atoms with Gasteiger partial charge in [-0.2, -0.15) is 0 Å². The molecule has 0 radical (unpaired) electrons. The maximum atomic E-state index is 13.4. The number of nitro groups is 1. The first-order chi connectivity index (χ1) is 9.36. The van der Waals surface area contributed by atoms with Gasteiger partial charge in [-0.25, -0.2) is 4.39 Å². The lowest BCUT2D eigenvalue weighted by Gasteiger charge is -2.40. The quantitative estimate of drug-likeness (QED) is 0.683. The second-order valence-electron chi connectivity index (χ2n) is 5.71. The number of anilines is 1. The maximum Gasteiger partial charge on any atom is 0.274 e. The third-order valence-electron chi connectivity index (χ3n) is 4.06. The van der Waals surface area contributed by atoms with E-state index in [0.29, 0.717) is 17.6 Å². The van der Waals surface area contributed by atoms with E-state index in [1.54, 1.807) is 0 Å². The second kappa shape index (κ2) is 5.75. The van der Waals surface area contributed by atoms with Crippen molar-refractivity contribution < 1.29 is 9.31 Å². The summed E-state index contributed by atoms with van der Waals surface area (Å²) in [6.07, 6.45) is 0.933. The molecule has 5 nitrogen and oxygen atoms in total. The van der Waals surface area contributed by atoms with Crippen molar-refractivity contribution in [3.05, 3.63) is 34.1 Å². The highest BCUT2D eigenvalue weighted by Crippen LogP contribution is 2.26. The standard InChI is InChI=1S/C14H20FN3O2/c1-9-8-17(3)10(2)4-14(9)16-12-5-11(15)6-13(7-12)18(19)20/h5-7,9-10,14,16H,4,8H2,1-3H3. The van der Waals surface area contributed by atoms with Crippen LogP contribution < -0.4 is 5.32 Å². The number of benzene rings is 1. The molecule has 0 aromatic heterocycles. The summed E-state index contributed by atoms with van der Waals surface area (Å²) in [6.45, 7) is 5.23. The topological polar surface area (TPSA) is 58.4 Å². The minimum Gasteiger partial charge on any atom is -0.382 e. The minimum absolute atomic E-state index is 0.197. The number of nitro benzene ring substituents is 1. The summed E-state index contributed by atoms with van der Waals surface area (Å²) in [5, 5.41) is 14.0. The lowest BCUT2D eigenvalue weighted by Crippen LogP contribution is -2.48. The van der Waals surface area contributed by atoms with Gasteiger partial charge < -0.3 is 10.2 Å².